The van der Waals surface area contributed by atoms with E-state index in [1.165, 1.54) is 0 Å². The van der Waals surface area contributed by atoms with Gasteiger partial charge in [-0.3, -0.25) is 9.48 Å². The maximum atomic E-state index is 12.2. The molecule has 6 nitrogen and oxygen atoms in total. The Hall–Kier alpha value is -3.41. The summed E-state index contributed by atoms with van der Waals surface area (Å²) in [5.74, 6) is -0.463. The van der Waals surface area contributed by atoms with Gasteiger partial charge in [0, 0.05) is 17.8 Å². The van der Waals surface area contributed by atoms with Crippen molar-refractivity contribution < 1.29 is 14.3 Å². The number of nitrogens with one attached hydrogen (secondary N) is 1. The van der Waals surface area contributed by atoms with Gasteiger partial charge in [-0.1, -0.05) is 56.3 Å². The van der Waals surface area contributed by atoms with Gasteiger partial charge < -0.3 is 10.1 Å². The number of benzene rings is 2. The van der Waals surface area contributed by atoms with Gasteiger partial charge in [0.25, 0.3) is 5.91 Å². The number of carbonyl (C=O) groups excluding carboxylic acids is 2. The highest BCUT2D eigenvalue weighted by atomic mass is 16.5. The minimum Gasteiger partial charge on any atom is -0.452 e. The monoisotopic (exact) mass is 419 g/mol. The van der Waals surface area contributed by atoms with E-state index in [-0.39, 0.29) is 12.5 Å². The molecule has 0 atom stereocenters. The van der Waals surface area contributed by atoms with Crippen LogP contribution in [0.1, 0.15) is 58.2 Å². The Labute approximate surface area is 183 Å². The van der Waals surface area contributed by atoms with E-state index in [0.29, 0.717) is 24.6 Å². The number of hydrogen-bond donors (Lipinski definition) is 1. The zero-order chi connectivity index (χ0) is 22.4. The Morgan fingerprint density at radius 3 is 2.35 bits per heavy atom. The van der Waals surface area contributed by atoms with E-state index in [4.69, 9.17) is 4.74 Å². The van der Waals surface area contributed by atoms with E-state index >= 15 is 0 Å². The summed E-state index contributed by atoms with van der Waals surface area (Å²) in [6.45, 7) is 8.79. The van der Waals surface area contributed by atoms with Gasteiger partial charge in [0.1, 0.15) is 0 Å². The molecule has 3 aromatic rings. The number of esters is 1. The van der Waals surface area contributed by atoms with Crippen LogP contribution in [0, 0.1) is 13.8 Å². The van der Waals surface area contributed by atoms with Crippen molar-refractivity contribution in [2.24, 2.45) is 0 Å². The Balaban J connectivity index is 1.52. The molecule has 0 saturated carbocycles. The second-order valence-electron chi connectivity index (χ2n) is 7.92. The maximum Gasteiger partial charge on any atom is 0.338 e. The van der Waals surface area contributed by atoms with E-state index in [1.807, 2.05) is 48.9 Å². The second kappa shape index (κ2) is 10.1. The quantitative estimate of drug-likeness (QED) is 0.557. The lowest BCUT2D eigenvalue weighted by Crippen LogP contribution is -2.28. The molecular formula is C25H29N3O3. The summed E-state index contributed by atoms with van der Waals surface area (Å²) in [4.78, 5) is 24.4. The standard InChI is InChI=1S/C25H29N3O3/c1-17(2)21-10-12-22(13-11-21)25(30)31-16-24(29)26-14-23-18(3)27-28(19(23)4)15-20-8-6-5-7-9-20/h5-13,17H,14-16H2,1-4H3,(H,26,29). The van der Waals surface area contributed by atoms with Crippen LogP contribution in [0.2, 0.25) is 0 Å². The van der Waals surface area contributed by atoms with Crippen molar-refractivity contribution in [1.82, 2.24) is 15.1 Å². The van der Waals surface area contributed by atoms with Crippen LogP contribution in [-0.2, 0) is 22.6 Å². The minimum atomic E-state index is -0.506. The van der Waals surface area contributed by atoms with Crippen LogP contribution in [0.25, 0.3) is 0 Å². The number of rotatable bonds is 8. The van der Waals surface area contributed by atoms with Gasteiger partial charge in [-0.2, -0.15) is 5.10 Å². The molecule has 31 heavy (non-hydrogen) atoms. The first-order valence-electron chi connectivity index (χ1n) is 10.5. The Kier molecular flexibility index (Phi) is 7.23. The molecule has 0 unspecified atom stereocenters. The highest BCUT2D eigenvalue weighted by Crippen LogP contribution is 2.16. The average Bonchev–Trinajstić information content (AvgIpc) is 3.03. The van der Waals surface area contributed by atoms with Crippen molar-refractivity contribution in [3.05, 3.63) is 88.2 Å². The van der Waals surface area contributed by atoms with Crippen molar-refractivity contribution in [3.8, 4) is 0 Å². The number of hydrogen-bond acceptors (Lipinski definition) is 4. The molecule has 0 fully saturated rings. The van der Waals surface area contributed by atoms with E-state index < -0.39 is 5.97 Å². The molecule has 1 heterocycles. The summed E-state index contributed by atoms with van der Waals surface area (Å²) in [5.41, 5.74) is 5.59. The van der Waals surface area contributed by atoms with Crippen LogP contribution in [0.15, 0.2) is 54.6 Å². The molecule has 0 aliphatic rings. The normalized spacial score (nSPS) is 10.9. The molecule has 3 rings (SSSR count). The smallest absolute Gasteiger partial charge is 0.338 e. The number of aromatic nitrogens is 2. The Bertz CT molecular complexity index is 1040. The third-order valence-electron chi connectivity index (χ3n) is 5.32. The van der Waals surface area contributed by atoms with E-state index in [1.54, 1.807) is 12.1 Å². The van der Waals surface area contributed by atoms with Crippen molar-refractivity contribution in [2.45, 2.75) is 46.7 Å². The van der Waals surface area contributed by atoms with Crippen LogP contribution in [0.3, 0.4) is 0 Å². The zero-order valence-electron chi connectivity index (χ0n) is 18.5. The third-order valence-corrected chi connectivity index (χ3v) is 5.32. The van der Waals surface area contributed by atoms with Crippen LogP contribution in [0.5, 0.6) is 0 Å². The Morgan fingerprint density at radius 2 is 1.71 bits per heavy atom. The summed E-state index contributed by atoms with van der Waals surface area (Å²) in [7, 11) is 0. The first-order chi connectivity index (χ1) is 14.8. The molecule has 2 aromatic carbocycles. The fraction of sp³-hybridized carbons (Fsp3) is 0.320. The molecule has 6 heteroatoms. The second-order valence-corrected chi connectivity index (χ2v) is 7.92. The fourth-order valence-electron chi connectivity index (χ4n) is 3.36. The molecule has 0 aliphatic heterocycles. The summed E-state index contributed by atoms with van der Waals surface area (Å²) in [6, 6.07) is 17.4. The van der Waals surface area contributed by atoms with Gasteiger partial charge in [0.2, 0.25) is 0 Å². The van der Waals surface area contributed by atoms with Crippen LogP contribution in [-0.4, -0.2) is 28.3 Å². The van der Waals surface area contributed by atoms with Crippen LogP contribution >= 0.6 is 0 Å². The van der Waals surface area contributed by atoms with Crippen molar-refractivity contribution in [2.75, 3.05) is 6.61 Å². The lowest BCUT2D eigenvalue weighted by atomic mass is 10.0. The molecular weight excluding hydrogens is 390 g/mol. The maximum absolute atomic E-state index is 12.2. The molecule has 0 spiro atoms. The average molecular weight is 420 g/mol. The third kappa shape index (κ3) is 5.81. The molecule has 1 amide bonds. The van der Waals surface area contributed by atoms with Gasteiger partial charge in [-0.15, -0.1) is 0 Å². The summed E-state index contributed by atoms with van der Waals surface area (Å²) in [5, 5.41) is 7.42. The van der Waals surface area contributed by atoms with Gasteiger partial charge >= 0.3 is 5.97 Å². The number of ether oxygens (including phenoxy) is 1. The summed E-state index contributed by atoms with van der Waals surface area (Å²) in [6.07, 6.45) is 0. The zero-order valence-corrected chi connectivity index (χ0v) is 18.5. The van der Waals surface area contributed by atoms with E-state index in [0.717, 1.165) is 28.1 Å². The molecule has 0 aliphatic carbocycles. The van der Waals surface area contributed by atoms with Crippen molar-refractivity contribution >= 4 is 11.9 Å². The van der Waals surface area contributed by atoms with Crippen LogP contribution < -0.4 is 5.32 Å². The molecule has 1 aromatic heterocycles. The number of nitrogens with zero attached hydrogens (tertiary/aromatic N) is 2. The number of carbonyl (C=O) groups is 2. The lowest BCUT2D eigenvalue weighted by molar-refractivity contribution is -0.124. The van der Waals surface area contributed by atoms with Crippen LogP contribution in [0.4, 0.5) is 0 Å². The highest BCUT2D eigenvalue weighted by Gasteiger charge is 2.14. The predicted molar refractivity (Wildman–Crippen MR) is 120 cm³/mol. The largest absolute Gasteiger partial charge is 0.452 e. The van der Waals surface area contributed by atoms with Gasteiger partial charge in [-0.05, 0) is 43.0 Å². The van der Waals surface area contributed by atoms with Gasteiger partial charge in [0.05, 0.1) is 17.8 Å². The SMILES string of the molecule is Cc1nn(Cc2ccccc2)c(C)c1CNC(=O)COC(=O)c1ccc(C(C)C)cc1. The lowest BCUT2D eigenvalue weighted by Gasteiger charge is -2.09. The molecule has 0 bridgehead atoms. The topological polar surface area (TPSA) is 73.2 Å². The Morgan fingerprint density at radius 1 is 1.03 bits per heavy atom. The van der Waals surface area contributed by atoms with E-state index in [2.05, 4.69) is 36.4 Å². The number of amides is 1. The highest BCUT2D eigenvalue weighted by molar-refractivity contribution is 5.91. The molecule has 1 N–H and O–H groups in total. The van der Waals surface area contributed by atoms with Crippen molar-refractivity contribution in [3.63, 3.8) is 0 Å². The summed E-state index contributed by atoms with van der Waals surface area (Å²) >= 11 is 0. The molecule has 0 radical (unpaired) electrons. The number of aryl methyl sites for hydroxylation is 1. The fourth-order valence-corrected chi connectivity index (χ4v) is 3.36. The molecule has 0 saturated heterocycles. The predicted octanol–water partition coefficient (Wildman–Crippen LogP) is 4.14. The molecule has 162 valence electrons. The summed E-state index contributed by atoms with van der Waals surface area (Å²) < 4.78 is 7.09. The van der Waals surface area contributed by atoms with Gasteiger partial charge in [0.15, 0.2) is 6.61 Å². The first kappa shape index (κ1) is 22.3. The first-order valence-corrected chi connectivity index (χ1v) is 10.5. The minimum absolute atomic E-state index is 0.318. The van der Waals surface area contributed by atoms with Gasteiger partial charge in [-0.25, -0.2) is 4.79 Å². The van der Waals surface area contributed by atoms with Crippen molar-refractivity contribution in [1.29, 1.82) is 0 Å². The van der Waals surface area contributed by atoms with E-state index in [9.17, 15) is 9.59 Å².